The van der Waals surface area contributed by atoms with Crippen LogP contribution in [0.4, 0.5) is 0 Å². The number of nitrogens with zero attached hydrogens (tertiary/aromatic N) is 1. The van der Waals surface area contributed by atoms with E-state index in [9.17, 15) is 0 Å². The van der Waals surface area contributed by atoms with Gasteiger partial charge in [0.25, 0.3) is 0 Å². The van der Waals surface area contributed by atoms with Crippen LogP contribution in [0, 0.1) is 17.2 Å². The maximum atomic E-state index is 8.99. The lowest BCUT2D eigenvalue weighted by Crippen LogP contribution is -2.39. The van der Waals surface area contributed by atoms with Crippen molar-refractivity contribution in [1.82, 2.24) is 5.32 Å². The summed E-state index contributed by atoms with van der Waals surface area (Å²) < 4.78 is 5.12. The predicted octanol–water partition coefficient (Wildman–Crippen LogP) is 2.45. The first-order valence-electron chi connectivity index (χ1n) is 6.03. The largest absolute Gasteiger partial charge is 0.495 e. The molecule has 17 heavy (non-hydrogen) atoms. The standard InChI is InChI=1S/C14H18N2O/c1-10-5-13(6-10)16-9-11-3-4-14(17-2)12(7-11)8-15/h3-4,7,10,13,16H,5-6,9H2,1-2H3. The third kappa shape index (κ3) is 2.78. The van der Waals surface area contributed by atoms with Crippen molar-refractivity contribution in [1.29, 1.82) is 5.26 Å². The molecule has 1 N–H and O–H groups in total. The van der Waals surface area contributed by atoms with Crippen LogP contribution in [-0.2, 0) is 6.54 Å². The molecule has 1 saturated carbocycles. The molecular formula is C14H18N2O. The van der Waals surface area contributed by atoms with Gasteiger partial charge in [-0.25, -0.2) is 0 Å². The SMILES string of the molecule is COc1ccc(CNC2CC(C)C2)cc1C#N. The van der Waals surface area contributed by atoms with E-state index in [4.69, 9.17) is 10.00 Å². The minimum Gasteiger partial charge on any atom is -0.495 e. The Morgan fingerprint density at radius 2 is 2.24 bits per heavy atom. The van der Waals surface area contributed by atoms with Crippen LogP contribution in [0.1, 0.15) is 30.9 Å². The van der Waals surface area contributed by atoms with Gasteiger partial charge in [-0.1, -0.05) is 13.0 Å². The van der Waals surface area contributed by atoms with Gasteiger partial charge in [0.1, 0.15) is 11.8 Å². The summed E-state index contributed by atoms with van der Waals surface area (Å²) in [6, 6.07) is 8.57. The van der Waals surface area contributed by atoms with Crippen molar-refractivity contribution in [2.75, 3.05) is 7.11 Å². The van der Waals surface area contributed by atoms with Gasteiger partial charge in [-0.2, -0.15) is 5.26 Å². The Hall–Kier alpha value is -1.53. The highest BCUT2D eigenvalue weighted by Crippen LogP contribution is 2.26. The lowest BCUT2D eigenvalue weighted by Gasteiger charge is -2.33. The molecule has 0 amide bonds. The molecule has 0 aliphatic heterocycles. The average molecular weight is 230 g/mol. The summed E-state index contributed by atoms with van der Waals surface area (Å²) in [7, 11) is 1.59. The zero-order valence-corrected chi connectivity index (χ0v) is 10.4. The number of nitrogens with one attached hydrogen (secondary N) is 1. The molecule has 3 nitrogen and oxygen atoms in total. The second kappa shape index (κ2) is 5.20. The molecule has 90 valence electrons. The summed E-state index contributed by atoms with van der Waals surface area (Å²) in [5, 5.41) is 12.5. The molecule has 1 aromatic carbocycles. The van der Waals surface area contributed by atoms with Crippen molar-refractivity contribution < 1.29 is 4.74 Å². The maximum Gasteiger partial charge on any atom is 0.136 e. The second-order valence-electron chi connectivity index (χ2n) is 4.80. The first-order valence-corrected chi connectivity index (χ1v) is 6.03. The van der Waals surface area contributed by atoms with Crippen LogP contribution in [0.3, 0.4) is 0 Å². The first-order chi connectivity index (χ1) is 8.22. The molecule has 3 heteroatoms. The molecular weight excluding hydrogens is 212 g/mol. The topological polar surface area (TPSA) is 45.0 Å². The number of ether oxygens (including phenoxy) is 1. The van der Waals surface area contributed by atoms with Crippen molar-refractivity contribution in [2.24, 2.45) is 5.92 Å². The third-order valence-electron chi connectivity index (χ3n) is 3.35. The highest BCUT2D eigenvalue weighted by molar-refractivity contribution is 5.45. The van der Waals surface area contributed by atoms with Gasteiger partial charge < -0.3 is 10.1 Å². The fourth-order valence-corrected chi connectivity index (χ4v) is 2.28. The summed E-state index contributed by atoms with van der Waals surface area (Å²) in [4.78, 5) is 0. The van der Waals surface area contributed by atoms with Gasteiger partial charge in [0.15, 0.2) is 0 Å². The van der Waals surface area contributed by atoms with Crippen molar-refractivity contribution in [3.8, 4) is 11.8 Å². The average Bonchev–Trinajstić information content (AvgIpc) is 2.32. The summed E-state index contributed by atoms with van der Waals surface area (Å²) in [6.07, 6.45) is 2.53. The van der Waals surface area contributed by atoms with Gasteiger partial charge in [0.05, 0.1) is 12.7 Å². The number of hydrogen-bond acceptors (Lipinski definition) is 3. The van der Waals surface area contributed by atoms with Crippen LogP contribution in [-0.4, -0.2) is 13.2 Å². The zero-order chi connectivity index (χ0) is 12.3. The molecule has 0 spiro atoms. The van der Waals surface area contributed by atoms with Crippen LogP contribution in [0.2, 0.25) is 0 Å². The summed E-state index contributed by atoms with van der Waals surface area (Å²) in [5.41, 5.74) is 1.75. The van der Waals surface area contributed by atoms with Crippen molar-refractivity contribution in [3.63, 3.8) is 0 Å². The Balaban J connectivity index is 1.95. The molecule has 0 heterocycles. The number of nitriles is 1. The smallest absolute Gasteiger partial charge is 0.136 e. The Labute approximate surface area is 102 Å². The quantitative estimate of drug-likeness (QED) is 0.864. The summed E-state index contributed by atoms with van der Waals surface area (Å²) in [5.74, 6) is 1.51. The van der Waals surface area contributed by atoms with Gasteiger partial charge in [0.2, 0.25) is 0 Å². The predicted molar refractivity (Wildman–Crippen MR) is 66.7 cm³/mol. The minimum absolute atomic E-state index is 0.605. The van der Waals surface area contributed by atoms with Gasteiger partial charge in [0, 0.05) is 12.6 Å². The monoisotopic (exact) mass is 230 g/mol. The Morgan fingerprint density at radius 1 is 1.47 bits per heavy atom. The minimum atomic E-state index is 0.605. The van der Waals surface area contributed by atoms with Gasteiger partial charge >= 0.3 is 0 Å². The highest BCUT2D eigenvalue weighted by Gasteiger charge is 2.24. The van der Waals surface area contributed by atoms with Gasteiger partial charge in [-0.15, -0.1) is 0 Å². The molecule has 0 saturated heterocycles. The molecule has 2 rings (SSSR count). The second-order valence-corrected chi connectivity index (χ2v) is 4.80. The summed E-state index contributed by atoms with van der Waals surface area (Å²) in [6.45, 7) is 3.11. The number of hydrogen-bond donors (Lipinski definition) is 1. The van der Waals surface area contributed by atoms with Crippen molar-refractivity contribution >= 4 is 0 Å². The highest BCUT2D eigenvalue weighted by atomic mass is 16.5. The van der Waals surface area contributed by atoms with E-state index in [-0.39, 0.29) is 0 Å². The fraction of sp³-hybridized carbons (Fsp3) is 0.500. The van der Waals surface area contributed by atoms with E-state index in [1.807, 2.05) is 18.2 Å². The van der Waals surface area contributed by atoms with E-state index in [0.29, 0.717) is 17.4 Å². The van der Waals surface area contributed by atoms with Crippen molar-refractivity contribution in [2.45, 2.75) is 32.4 Å². The van der Waals surface area contributed by atoms with Crippen LogP contribution >= 0.6 is 0 Å². The first kappa shape index (κ1) is 11.9. The molecule has 0 atom stereocenters. The van der Waals surface area contributed by atoms with Gasteiger partial charge in [-0.3, -0.25) is 0 Å². The van der Waals surface area contributed by atoms with Crippen LogP contribution < -0.4 is 10.1 Å². The Kier molecular flexibility index (Phi) is 3.65. The van der Waals surface area contributed by atoms with E-state index in [1.54, 1.807) is 7.11 Å². The molecule has 1 aliphatic carbocycles. The molecule has 0 radical (unpaired) electrons. The van der Waals surface area contributed by atoms with E-state index in [2.05, 4.69) is 18.3 Å². The zero-order valence-electron chi connectivity index (χ0n) is 10.4. The molecule has 0 aromatic heterocycles. The van der Waals surface area contributed by atoms with Crippen LogP contribution in [0.15, 0.2) is 18.2 Å². The molecule has 1 fully saturated rings. The number of methoxy groups -OCH3 is 1. The molecule has 1 aliphatic rings. The fourth-order valence-electron chi connectivity index (χ4n) is 2.28. The molecule has 0 unspecified atom stereocenters. The molecule has 0 bridgehead atoms. The Morgan fingerprint density at radius 3 is 2.82 bits per heavy atom. The lowest BCUT2D eigenvalue weighted by atomic mass is 9.82. The normalized spacial score (nSPS) is 22.6. The lowest BCUT2D eigenvalue weighted by molar-refractivity contribution is 0.240. The Bertz CT molecular complexity index is 430. The molecule has 1 aromatic rings. The number of rotatable bonds is 4. The number of benzene rings is 1. The summed E-state index contributed by atoms with van der Waals surface area (Å²) >= 11 is 0. The van der Waals surface area contributed by atoms with Crippen LogP contribution in [0.5, 0.6) is 5.75 Å². The third-order valence-corrected chi connectivity index (χ3v) is 3.35. The van der Waals surface area contributed by atoms with E-state index in [1.165, 1.54) is 12.8 Å². The maximum absolute atomic E-state index is 8.99. The van der Waals surface area contributed by atoms with Gasteiger partial charge in [-0.05, 0) is 36.5 Å². The van der Waals surface area contributed by atoms with E-state index < -0.39 is 0 Å². The van der Waals surface area contributed by atoms with E-state index >= 15 is 0 Å². The van der Waals surface area contributed by atoms with E-state index in [0.717, 1.165) is 18.0 Å². The van der Waals surface area contributed by atoms with Crippen molar-refractivity contribution in [3.05, 3.63) is 29.3 Å². The van der Waals surface area contributed by atoms with Crippen LogP contribution in [0.25, 0.3) is 0 Å².